The van der Waals surface area contributed by atoms with Crippen LogP contribution in [-0.4, -0.2) is 46.4 Å². The molecule has 6 heteroatoms. The number of rotatable bonds is 6. The highest BCUT2D eigenvalue weighted by atomic mass is 127. The third kappa shape index (κ3) is 5.84. The smallest absolute Gasteiger partial charge is 0.191 e. The molecule has 0 aromatic heterocycles. The van der Waals surface area contributed by atoms with E-state index in [4.69, 9.17) is 9.47 Å². The molecule has 1 aromatic rings. The van der Waals surface area contributed by atoms with Crippen molar-refractivity contribution in [3.63, 3.8) is 0 Å². The summed E-state index contributed by atoms with van der Waals surface area (Å²) in [7, 11) is 3.51. The first-order valence-corrected chi connectivity index (χ1v) is 7.72. The second-order valence-corrected chi connectivity index (χ2v) is 6.22. The van der Waals surface area contributed by atoms with Crippen molar-refractivity contribution in [2.75, 3.05) is 40.5 Å². The number of aliphatic imine (C=N–C) groups is 1. The third-order valence-corrected chi connectivity index (χ3v) is 3.93. The Morgan fingerprint density at radius 1 is 1.35 bits per heavy atom. The van der Waals surface area contributed by atoms with Gasteiger partial charge in [0.2, 0.25) is 0 Å². The first-order valence-electron chi connectivity index (χ1n) is 7.72. The summed E-state index contributed by atoms with van der Waals surface area (Å²) in [4.78, 5) is 4.26. The van der Waals surface area contributed by atoms with Crippen LogP contribution >= 0.6 is 24.0 Å². The Kier molecular flexibility index (Phi) is 8.11. The number of halogens is 1. The highest BCUT2D eigenvalue weighted by molar-refractivity contribution is 14.0. The van der Waals surface area contributed by atoms with Gasteiger partial charge in [-0.2, -0.15) is 0 Å². The molecule has 130 valence electrons. The topological polar surface area (TPSA) is 54.9 Å². The molecule has 1 saturated heterocycles. The zero-order valence-corrected chi connectivity index (χ0v) is 16.8. The van der Waals surface area contributed by atoms with Crippen LogP contribution in [0.15, 0.2) is 23.2 Å². The molecule has 0 aliphatic carbocycles. The second-order valence-electron chi connectivity index (χ2n) is 6.22. The quantitative estimate of drug-likeness (QED) is 0.411. The fourth-order valence-electron chi connectivity index (χ4n) is 2.49. The number of guanidine groups is 1. The fraction of sp³-hybridized carbons (Fsp3) is 0.588. The average molecular weight is 433 g/mol. The molecule has 2 N–H and O–H groups in total. The first-order chi connectivity index (χ1) is 10.6. The van der Waals surface area contributed by atoms with Crippen molar-refractivity contribution in [3.8, 4) is 5.75 Å². The molecule has 2 rings (SSSR count). The van der Waals surface area contributed by atoms with Crippen LogP contribution in [0.2, 0.25) is 0 Å². The standard InChI is InChI=1S/C17H27N3O2.HI/c1-13-5-6-15(21-4)14(9-13)7-8-19-16(18-3)20-10-17(2)11-22-12-17;/h5-6,9H,7-8,10-12H2,1-4H3,(H2,18,19,20);1H. The maximum Gasteiger partial charge on any atom is 0.191 e. The molecule has 1 aliphatic heterocycles. The molecule has 0 amide bonds. The number of hydrogen-bond acceptors (Lipinski definition) is 3. The van der Waals surface area contributed by atoms with Gasteiger partial charge in [0, 0.05) is 25.6 Å². The van der Waals surface area contributed by atoms with E-state index in [2.05, 4.69) is 41.6 Å². The Hall–Kier alpha value is -1.02. The van der Waals surface area contributed by atoms with Gasteiger partial charge in [0.05, 0.1) is 20.3 Å². The van der Waals surface area contributed by atoms with Gasteiger partial charge in [-0.25, -0.2) is 0 Å². The van der Waals surface area contributed by atoms with Gasteiger partial charge in [-0.1, -0.05) is 24.6 Å². The molecule has 0 bridgehead atoms. The maximum absolute atomic E-state index is 5.41. The molecule has 0 atom stereocenters. The summed E-state index contributed by atoms with van der Waals surface area (Å²) in [5, 5.41) is 6.72. The van der Waals surface area contributed by atoms with Gasteiger partial charge in [0.15, 0.2) is 5.96 Å². The van der Waals surface area contributed by atoms with E-state index in [1.807, 2.05) is 6.07 Å². The first kappa shape index (κ1) is 20.0. The summed E-state index contributed by atoms with van der Waals surface area (Å²) in [6, 6.07) is 6.26. The molecular weight excluding hydrogens is 405 g/mol. The lowest BCUT2D eigenvalue weighted by molar-refractivity contribution is -0.0971. The maximum atomic E-state index is 5.41. The Bertz CT molecular complexity index is 531. The van der Waals surface area contributed by atoms with Crippen LogP contribution in [0.3, 0.4) is 0 Å². The van der Waals surface area contributed by atoms with Crippen LogP contribution in [0.25, 0.3) is 0 Å². The highest BCUT2D eigenvalue weighted by Crippen LogP contribution is 2.25. The van der Waals surface area contributed by atoms with Crippen molar-refractivity contribution < 1.29 is 9.47 Å². The van der Waals surface area contributed by atoms with Crippen LogP contribution in [-0.2, 0) is 11.2 Å². The van der Waals surface area contributed by atoms with Gasteiger partial charge >= 0.3 is 0 Å². The van der Waals surface area contributed by atoms with E-state index in [0.717, 1.165) is 44.4 Å². The molecule has 1 heterocycles. The van der Waals surface area contributed by atoms with Crippen molar-refractivity contribution in [2.24, 2.45) is 10.4 Å². The van der Waals surface area contributed by atoms with E-state index in [1.54, 1.807) is 14.2 Å². The SMILES string of the molecule is CN=C(NCCc1cc(C)ccc1OC)NCC1(C)COC1.I. The summed E-state index contributed by atoms with van der Waals surface area (Å²) in [6.45, 7) is 7.63. The van der Waals surface area contributed by atoms with Gasteiger partial charge < -0.3 is 20.1 Å². The van der Waals surface area contributed by atoms with E-state index in [1.165, 1.54) is 11.1 Å². The van der Waals surface area contributed by atoms with Gasteiger partial charge in [-0.15, -0.1) is 24.0 Å². The summed E-state index contributed by atoms with van der Waals surface area (Å²) < 4.78 is 10.7. The van der Waals surface area contributed by atoms with Gasteiger partial charge in [0.1, 0.15) is 5.75 Å². The number of aryl methyl sites for hydroxylation is 1. The minimum atomic E-state index is 0. The van der Waals surface area contributed by atoms with Crippen LogP contribution < -0.4 is 15.4 Å². The second kappa shape index (κ2) is 9.32. The molecule has 0 radical (unpaired) electrons. The lowest BCUT2D eigenvalue weighted by Gasteiger charge is -2.38. The summed E-state index contributed by atoms with van der Waals surface area (Å²) >= 11 is 0. The minimum absolute atomic E-state index is 0. The van der Waals surface area contributed by atoms with Crippen molar-refractivity contribution in [2.45, 2.75) is 20.3 Å². The Balaban J connectivity index is 0.00000264. The van der Waals surface area contributed by atoms with Crippen LogP contribution in [0.1, 0.15) is 18.1 Å². The Morgan fingerprint density at radius 3 is 2.65 bits per heavy atom. The molecule has 1 aliphatic rings. The number of nitrogens with zero attached hydrogens (tertiary/aromatic N) is 1. The number of ether oxygens (including phenoxy) is 2. The predicted molar refractivity (Wildman–Crippen MR) is 105 cm³/mol. The molecule has 5 nitrogen and oxygen atoms in total. The van der Waals surface area contributed by atoms with E-state index in [0.29, 0.717) is 0 Å². The Morgan fingerprint density at radius 2 is 2.09 bits per heavy atom. The monoisotopic (exact) mass is 433 g/mol. The average Bonchev–Trinajstić information content (AvgIpc) is 2.49. The van der Waals surface area contributed by atoms with Gasteiger partial charge in [-0.3, -0.25) is 4.99 Å². The summed E-state index contributed by atoms with van der Waals surface area (Å²) in [6.07, 6.45) is 0.895. The summed E-state index contributed by atoms with van der Waals surface area (Å²) in [5.41, 5.74) is 2.69. The molecular formula is C17H28IN3O2. The van der Waals surface area contributed by atoms with Crippen molar-refractivity contribution in [1.29, 1.82) is 0 Å². The molecule has 0 saturated carbocycles. The molecule has 23 heavy (non-hydrogen) atoms. The zero-order chi connectivity index (χ0) is 16.0. The normalized spacial score (nSPS) is 16.1. The lowest BCUT2D eigenvalue weighted by Crippen LogP contribution is -2.51. The van der Waals surface area contributed by atoms with Crippen molar-refractivity contribution >= 4 is 29.9 Å². The van der Waals surface area contributed by atoms with E-state index >= 15 is 0 Å². The van der Waals surface area contributed by atoms with Gasteiger partial charge in [0.25, 0.3) is 0 Å². The largest absolute Gasteiger partial charge is 0.496 e. The fourth-order valence-corrected chi connectivity index (χ4v) is 2.49. The molecule has 0 spiro atoms. The van der Waals surface area contributed by atoms with Crippen LogP contribution in [0.4, 0.5) is 0 Å². The van der Waals surface area contributed by atoms with E-state index < -0.39 is 0 Å². The number of methoxy groups -OCH3 is 1. The van der Waals surface area contributed by atoms with E-state index in [9.17, 15) is 0 Å². The number of benzene rings is 1. The highest BCUT2D eigenvalue weighted by Gasteiger charge is 2.33. The van der Waals surface area contributed by atoms with Crippen molar-refractivity contribution in [3.05, 3.63) is 29.3 Å². The third-order valence-electron chi connectivity index (χ3n) is 3.93. The van der Waals surface area contributed by atoms with Crippen LogP contribution in [0.5, 0.6) is 5.75 Å². The molecule has 0 unspecified atom stereocenters. The predicted octanol–water partition coefficient (Wildman–Crippen LogP) is 2.37. The molecule has 1 fully saturated rings. The van der Waals surface area contributed by atoms with Crippen molar-refractivity contribution in [1.82, 2.24) is 10.6 Å². The van der Waals surface area contributed by atoms with Crippen LogP contribution in [0, 0.1) is 12.3 Å². The summed E-state index contributed by atoms with van der Waals surface area (Å²) in [5.74, 6) is 1.77. The Labute approximate surface area is 156 Å². The number of hydrogen-bond donors (Lipinski definition) is 2. The number of nitrogens with one attached hydrogen (secondary N) is 2. The van der Waals surface area contributed by atoms with E-state index in [-0.39, 0.29) is 29.4 Å². The minimum Gasteiger partial charge on any atom is -0.496 e. The van der Waals surface area contributed by atoms with Gasteiger partial charge in [-0.05, 0) is 25.0 Å². The molecule has 1 aromatic carbocycles. The zero-order valence-electron chi connectivity index (χ0n) is 14.4. The lowest BCUT2D eigenvalue weighted by atomic mass is 9.89.